The molecule has 0 spiro atoms. The first kappa shape index (κ1) is 29.6. The minimum absolute atomic E-state index is 0.0152. The van der Waals surface area contributed by atoms with E-state index in [-0.39, 0.29) is 28.6 Å². The van der Waals surface area contributed by atoms with E-state index in [9.17, 15) is 22.8 Å². The Morgan fingerprint density at radius 1 is 1.11 bits per heavy atom. The Morgan fingerprint density at radius 2 is 1.79 bits per heavy atom. The molecule has 0 atom stereocenters. The maximum absolute atomic E-state index is 14.1. The Morgan fingerprint density at radius 3 is 2.45 bits per heavy atom. The van der Waals surface area contributed by atoms with Crippen LogP contribution in [0.3, 0.4) is 0 Å². The molecule has 14 heteroatoms. The fraction of sp³-hybridized carbons (Fsp3) is 0.542. The van der Waals surface area contributed by atoms with Gasteiger partial charge in [0, 0.05) is 39.3 Å². The van der Waals surface area contributed by atoms with Gasteiger partial charge in [-0.25, -0.2) is 18.0 Å². The van der Waals surface area contributed by atoms with Crippen molar-refractivity contribution in [2.24, 2.45) is 5.73 Å². The van der Waals surface area contributed by atoms with Crippen molar-refractivity contribution in [3.8, 4) is 5.88 Å². The molecule has 1 saturated heterocycles. The molecule has 2 aromatic rings. The standard InChI is InChI=1S/C24H33F3N6O4S/c1-15-13-17(25)16(20(27)19(15)26)14-37-22-18(21(28)35)23(38-31-22)30-24(36)29-5-3-2-4-6-32-7-9-33(10-8-32)11-12-34/h13,34H,2-12,14H2,1H3,(H2,28,35)(H2,29,30,36). The van der Waals surface area contributed by atoms with E-state index in [2.05, 4.69) is 24.8 Å². The van der Waals surface area contributed by atoms with Crippen molar-refractivity contribution >= 4 is 28.5 Å². The summed E-state index contributed by atoms with van der Waals surface area (Å²) in [6.07, 6.45) is 2.69. The average molecular weight is 559 g/mol. The monoisotopic (exact) mass is 558 g/mol. The molecular formula is C24H33F3N6O4S. The number of halogens is 3. The average Bonchev–Trinajstić information content (AvgIpc) is 3.28. The highest BCUT2D eigenvalue weighted by molar-refractivity contribution is 7.11. The van der Waals surface area contributed by atoms with Gasteiger partial charge in [-0.05, 0) is 49.5 Å². The van der Waals surface area contributed by atoms with Crippen LogP contribution >= 0.6 is 11.5 Å². The number of aryl methyl sites for hydroxylation is 1. The molecule has 0 aliphatic carbocycles. The number of nitrogens with zero attached hydrogens (tertiary/aromatic N) is 3. The quantitative estimate of drug-likeness (QED) is 0.219. The van der Waals surface area contributed by atoms with Crippen LogP contribution in [-0.2, 0) is 6.61 Å². The van der Waals surface area contributed by atoms with Gasteiger partial charge < -0.3 is 25.8 Å². The topological polar surface area (TPSA) is 133 Å². The number of rotatable bonds is 13. The van der Waals surface area contributed by atoms with Crippen LogP contribution in [0.15, 0.2) is 6.07 Å². The van der Waals surface area contributed by atoms with Crippen molar-refractivity contribution < 1.29 is 32.6 Å². The first-order valence-electron chi connectivity index (χ1n) is 12.4. The number of urea groups is 1. The highest BCUT2D eigenvalue weighted by Gasteiger charge is 2.24. The van der Waals surface area contributed by atoms with Crippen molar-refractivity contribution in [2.45, 2.75) is 32.8 Å². The molecule has 3 amide bonds. The molecule has 1 aliphatic rings. The van der Waals surface area contributed by atoms with Crippen molar-refractivity contribution in [3.05, 3.63) is 40.2 Å². The van der Waals surface area contributed by atoms with Crippen LogP contribution in [0, 0.1) is 24.4 Å². The Labute approximate surface area is 223 Å². The van der Waals surface area contributed by atoms with Crippen molar-refractivity contribution in [1.29, 1.82) is 0 Å². The van der Waals surface area contributed by atoms with Crippen LogP contribution in [0.4, 0.5) is 23.0 Å². The highest BCUT2D eigenvalue weighted by Crippen LogP contribution is 2.31. The number of aliphatic hydroxyl groups is 1. The van der Waals surface area contributed by atoms with E-state index in [1.54, 1.807) is 0 Å². The number of carbonyl (C=O) groups is 2. The number of anilines is 1. The molecule has 1 fully saturated rings. The van der Waals surface area contributed by atoms with Crippen LogP contribution in [0.1, 0.15) is 40.7 Å². The number of ether oxygens (including phenoxy) is 1. The third-order valence-corrected chi connectivity index (χ3v) is 6.99. The van der Waals surface area contributed by atoms with E-state index in [4.69, 9.17) is 15.6 Å². The molecule has 0 saturated carbocycles. The van der Waals surface area contributed by atoms with Crippen LogP contribution in [0.5, 0.6) is 5.88 Å². The summed E-state index contributed by atoms with van der Waals surface area (Å²) < 4.78 is 51.2. The lowest BCUT2D eigenvalue weighted by Crippen LogP contribution is -2.47. The van der Waals surface area contributed by atoms with Gasteiger partial charge >= 0.3 is 6.03 Å². The predicted octanol–water partition coefficient (Wildman–Crippen LogP) is 2.45. The fourth-order valence-electron chi connectivity index (χ4n) is 4.06. The second-order valence-electron chi connectivity index (χ2n) is 8.98. The molecular weight excluding hydrogens is 525 g/mol. The van der Waals surface area contributed by atoms with Gasteiger partial charge in [-0.1, -0.05) is 6.42 Å². The Hall–Kier alpha value is -2.94. The molecule has 0 bridgehead atoms. The van der Waals surface area contributed by atoms with Crippen LogP contribution in [0.25, 0.3) is 0 Å². The molecule has 5 N–H and O–H groups in total. The summed E-state index contributed by atoms with van der Waals surface area (Å²) in [5.74, 6) is -4.88. The number of unbranched alkanes of at least 4 members (excludes halogenated alkanes) is 2. The number of aliphatic hydroxyl groups excluding tert-OH is 1. The van der Waals surface area contributed by atoms with Gasteiger partial charge in [0.2, 0.25) is 5.88 Å². The van der Waals surface area contributed by atoms with E-state index < -0.39 is 41.6 Å². The second-order valence-corrected chi connectivity index (χ2v) is 9.75. The number of hydrogen-bond donors (Lipinski definition) is 4. The predicted molar refractivity (Wildman–Crippen MR) is 137 cm³/mol. The molecule has 1 aliphatic heterocycles. The third kappa shape index (κ3) is 8.03. The van der Waals surface area contributed by atoms with E-state index in [1.807, 2.05) is 0 Å². The summed E-state index contributed by atoms with van der Waals surface area (Å²) in [6.45, 7) is 6.66. The smallest absolute Gasteiger partial charge is 0.319 e. The summed E-state index contributed by atoms with van der Waals surface area (Å²) >= 11 is 0.716. The number of amides is 3. The van der Waals surface area contributed by atoms with Gasteiger partial charge in [0.1, 0.15) is 23.0 Å². The lowest BCUT2D eigenvalue weighted by atomic mass is 10.1. The summed E-state index contributed by atoms with van der Waals surface area (Å²) in [6, 6.07) is 0.270. The molecule has 210 valence electrons. The van der Waals surface area contributed by atoms with E-state index in [0.717, 1.165) is 58.1 Å². The Balaban J connectivity index is 1.42. The van der Waals surface area contributed by atoms with Gasteiger partial charge in [0.25, 0.3) is 5.91 Å². The lowest BCUT2D eigenvalue weighted by Gasteiger charge is -2.34. The summed E-state index contributed by atoms with van der Waals surface area (Å²) in [5, 5.41) is 14.2. The number of nitrogens with two attached hydrogens (primary N) is 1. The largest absolute Gasteiger partial charge is 0.471 e. The van der Waals surface area contributed by atoms with Crippen LogP contribution < -0.4 is 21.1 Å². The van der Waals surface area contributed by atoms with E-state index in [1.165, 1.54) is 6.92 Å². The Kier molecular flexibility index (Phi) is 11.1. The first-order valence-corrected chi connectivity index (χ1v) is 13.1. The minimum atomic E-state index is -1.39. The third-order valence-electron chi connectivity index (χ3n) is 6.24. The minimum Gasteiger partial charge on any atom is -0.471 e. The SMILES string of the molecule is Cc1cc(F)c(COc2nsc(NC(=O)NCCCCCN3CCN(CCO)CC3)c2C(N)=O)c(F)c1F. The van der Waals surface area contributed by atoms with Crippen LogP contribution in [0.2, 0.25) is 0 Å². The van der Waals surface area contributed by atoms with Gasteiger partial charge in [-0.2, -0.15) is 4.37 Å². The number of piperazine rings is 1. The maximum atomic E-state index is 14.1. The number of aromatic nitrogens is 1. The van der Waals surface area contributed by atoms with E-state index >= 15 is 0 Å². The maximum Gasteiger partial charge on any atom is 0.319 e. The molecule has 1 aromatic carbocycles. The number of β-amino-alcohol motifs (C(OH)–C–C–N with tert-alkyl or cyclic N) is 1. The number of benzene rings is 1. The van der Waals surface area contributed by atoms with E-state index in [0.29, 0.717) is 24.6 Å². The molecule has 0 unspecified atom stereocenters. The molecule has 3 rings (SSSR count). The summed E-state index contributed by atoms with van der Waals surface area (Å²) in [4.78, 5) is 28.9. The summed E-state index contributed by atoms with van der Waals surface area (Å²) in [5.41, 5.74) is 4.29. The molecule has 1 aromatic heterocycles. The van der Waals surface area contributed by atoms with Crippen molar-refractivity contribution in [3.63, 3.8) is 0 Å². The van der Waals surface area contributed by atoms with Crippen molar-refractivity contribution in [2.75, 3.05) is 57.7 Å². The molecule has 0 radical (unpaired) electrons. The number of carbonyl (C=O) groups excluding carboxylic acids is 2. The molecule has 10 nitrogen and oxygen atoms in total. The van der Waals surface area contributed by atoms with Gasteiger partial charge in [-0.15, -0.1) is 0 Å². The molecule has 38 heavy (non-hydrogen) atoms. The van der Waals surface area contributed by atoms with Crippen molar-refractivity contribution in [1.82, 2.24) is 19.5 Å². The fourth-order valence-corrected chi connectivity index (χ4v) is 4.80. The lowest BCUT2D eigenvalue weighted by molar-refractivity contribution is 0.0996. The first-order chi connectivity index (χ1) is 18.2. The zero-order valence-electron chi connectivity index (χ0n) is 21.2. The zero-order chi connectivity index (χ0) is 27.7. The van der Waals surface area contributed by atoms with Gasteiger partial charge in [-0.3, -0.25) is 15.0 Å². The van der Waals surface area contributed by atoms with Gasteiger partial charge in [0.15, 0.2) is 11.6 Å². The highest BCUT2D eigenvalue weighted by atomic mass is 32.1. The Bertz CT molecular complexity index is 1110. The van der Waals surface area contributed by atoms with Gasteiger partial charge in [0.05, 0.1) is 12.2 Å². The number of primary amides is 1. The number of nitrogens with one attached hydrogen (secondary N) is 2. The second kappa shape index (κ2) is 14.3. The normalized spacial score (nSPS) is 14.4. The molecule has 2 heterocycles. The number of hydrogen-bond acceptors (Lipinski definition) is 8. The zero-order valence-corrected chi connectivity index (χ0v) is 22.0. The van der Waals surface area contributed by atoms with Crippen LogP contribution in [-0.4, -0.2) is 83.6 Å². The summed E-state index contributed by atoms with van der Waals surface area (Å²) in [7, 11) is 0.